The Hall–Kier alpha value is -1.25. The first-order valence-corrected chi connectivity index (χ1v) is 5.54. The summed E-state index contributed by atoms with van der Waals surface area (Å²) < 4.78 is 13.1. The molecule has 15 heavy (non-hydrogen) atoms. The number of benzene rings is 1. The van der Waals surface area contributed by atoms with Crippen molar-refractivity contribution in [3.63, 3.8) is 0 Å². The zero-order valence-electron chi connectivity index (χ0n) is 8.80. The Labute approximate surface area is 89.7 Å². The zero-order valence-corrected chi connectivity index (χ0v) is 8.80. The maximum absolute atomic E-state index is 13.1. The number of anilines is 2. The number of rotatable bonds is 4. The Morgan fingerprint density at radius 2 is 2.20 bits per heavy atom. The summed E-state index contributed by atoms with van der Waals surface area (Å²) in [5.74, 6) is 0.541. The molecule has 0 spiro atoms. The van der Waals surface area contributed by atoms with Gasteiger partial charge in [-0.15, -0.1) is 0 Å². The number of nitrogen functional groups attached to an aromatic ring is 1. The van der Waals surface area contributed by atoms with Crippen LogP contribution < -0.4 is 11.1 Å². The molecule has 2 rings (SSSR count). The van der Waals surface area contributed by atoms with Gasteiger partial charge in [0, 0.05) is 12.2 Å². The van der Waals surface area contributed by atoms with Gasteiger partial charge in [0.2, 0.25) is 0 Å². The van der Waals surface area contributed by atoms with E-state index in [1.807, 2.05) is 6.07 Å². The number of nitrogens with two attached hydrogens (primary N) is 1. The fourth-order valence-corrected chi connectivity index (χ4v) is 1.84. The number of halogens is 1. The smallest absolute Gasteiger partial charge is 0.148 e. The van der Waals surface area contributed by atoms with Gasteiger partial charge in [0.05, 0.1) is 5.69 Å². The van der Waals surface area contributed by atoms with Crippen molar-refractivity contribution in [2.45, 2.75) is 25.7 Å². The second-order valence-corrected chi connectivity index (χ2v) is 4.25. The highest BCUT2D eigenvalue weighted by atomic mass is 19.1. The third-order valence-corrected chi connectivity index (χ3v) is 3.11. The molecule has 1 aromatic carbocycles. The molecule has 0 radical (unpaired) electrons. The van der Waals surface area contributed by atoms with Gasteiger partial charge in [-0.2, -0.15) is 0 Å². The van der Waals surface area contributed by atoms with Crippen molar-refractivity contribution in [2.75, 3.05) is 17.6 Å². The summed E-state index contributed by atoms with van der Waals surface area (Å²) in [6.45, 7) is 0.925. The maximum atomic E-state index is 13.1. The van der Waals surface area contributed by atoms with Crippen LogP contribution in [0, 0.1) is 11.7 Å². The van der Waals surface area contributed by atoms with E-state index in [1.165, 1.54) is 31.7 Å². The van der Waals surface area contributed by atoms with Gasteiger partial charge >= 0.3 is 0 Å². The molecular weight excluding hydrogens is 191 g/mol. The van der Waals surface area contributed by atoms with Crippen LogP contribution in [-0.4, -0.2) is 6.54 Å². The summed E-state index contributed by atoms with van der Waals surface area (Å²) in [4.78, 5) is 0. The molecule has 3 N–H and O–H groups in total. The van der Waals surface area contributed by atoms with E-state index in [-0.39, 0.29) is 11.5 Å². The summed E-state index contributed by atoms with van der Waals surface area (Å²) in [6.07, 6.45) is 5.28. The topological polar surface area (TPSA) is 38.0 Å². The largest absolute Gasteiger partial charge is 0.396 e. The lowest BCUT2D eigenvalue weighted by atomic mass is 9.83. The van der Waals surface area contributed by atoms with Crippen LogP contribution in [0.1, 0.15) is 25.7 Å². The molecule has 3 heteroatoms. The molecule has 2 nitrogen and oxygen atoms in total. The summed E-state index contributed by atoms with van der Waals surface area (Å²) >= 11 is 0. The third-order valence-electron chi connectivity index (χ3n) is 3.11. The highest BCUT2D eigenvalue weighted by Crippen LogP contribution is 2.29. The van der Waals surface area contributed by atoms with Gasteiger partial charge < -0.3 is 11.1 Å². The first kappa shape index (κ1) is 10.3. The minimum absolute atomic E-state index is 0.208. The predicted octanol–water partition coefficient (Wildman–Crippen LogP) is 3.01. The average Bonchev–Trinajstić information content (AvgIpc) is 2.15. The molecule has 0 bridgehead atoms. The Kier molecular flexibility index (Phi) is 3.09. The molecule has 0 aromatic heterocycles. The van der Waals surface area contributed by atoms with Crippen molar-refractivity contribution in [3.05, 3.63) is 24.0 Å². The predicted molar refractivity (Wildman–Crippen MR) is 61.3 cm³/mol. The standard InChI is InChI=1S/C12H17FN2/c13-11-8-10(4-5-12(11)14)15-7-6-9-2-1-3-9/h4-5,8-9,15H,1-3,6-7,14H2. The lowest BCUT2D eigenvalue weighted by Crippen LogP contribution is -2.15. The Balaban J connectivity index is 1.79. The van der Waals surface area contributed by atoms with Crippen LogP contribution in [0.4, 0.5) is 15.8 Å². The van der Waals surface area contributed by atoms with Gasteiger partial charge in [-0.3, -0.25) is 0 Å². The van der Waals surface area contributed by atoms with E-state index in [1.54, 1.807) is 6.07 Å². The SMILES string of the molecule is Nc1ccc(NCCC2CCC2)cc1F. The average molecular weight is 208 g/mol. The van der Waals surface area contributed by atoms with E-state index in [2.05, 4.69) is 5.32 Å². The molecule has 1 saturated carbocycles. The second-order valence-electron chi connectivity index (χ2n) is 4.25. The zero-order chi connectivity index (χ0) is 10.7. The van der Waals surface area contributed by atoms with Crippen molar-refractivity contribution in [1.82, 2.24) is 0 Å². The van der Waals surface area contributed by atoms with E-state index < -0.39 is 0 Å². The summed E-state index contributed by atoms with van der Waals surface area (Å²) in [5.41, 5.74) is 6.42. The van der Waals surface area contributed by atoms with Gasteiger partial charge in [0.15, 0.2) is 0 Å². The van der Waals surface area contributed by atoms with E-state index >= 15 is 0 Å². The van der Waals surface area contributed by atoms with Crippen LogP contribution in [-0.2, 0) is 0 Å². The molecule has 1 fully saturated rings. The number of hydrogen-bond donors (Lipinski definition) is 2. The first-order valence-electron chi connectivity index (χ1n) is 5.54. The summed E-state index contributed by atoms with van der Waals surface area (Å²) in [5, 5.41) is 3.22. The van der Waals surface area contributed by atoms with Gasteiger partial charge in [-0.05, 0) is 30.5 Å². The first-order chi connectivity index (χ1) is 7.25. The number of hydrogen-bond acceptors (Lipinski definition) is 2. The Morgan fingerprint density at radius 3 is 2.80 bits per heavy atom. The van der Waals surface area contributed by atoms with Gasteiger partial charge in [0.25, 0.3) is 0 Å². The fourth-order valence-electron chi connectivity index (χ4n) is 1.84. The van der Waals surface area contributed by atoms with E-state index in [9.17, 15) is 4.39 Å². The highest BCUT2D eigenvalue weighted by molar-refractivity contribution is 5.52. The molecule has 1 aromatic rings. The monoisotopic (exact) mass is 208 g/mol. The Bertz CT molecular complexity index is 334. The lowest BCUT2D eigenvalue weighted by molar-refractivity contribution is 0.303. The van der Waals surface area contributed by atoms with Crippen LogP contribution in [0.2, 0.25) is 0 Å². The molecule has 0 aliphatic heterocycles. The van der Waals surface area contributed by atoms with Gasteiger partial charge in [0.1, 0.15) is 5.82 Å². The van der Waals surface area contributed by atoms with E-state index in [0.29, 0.717) is 0 Å². The molecule has 0 saturated heterocycles. The summed E-state index contributed by atoms with van der Waals surface area (Å²) in [6, 6.07) is 4.87. The van der Waals surface area contributed by atoms with Crippen molar-refractivity contribution in [2.24, 2.45) is 5.92 Å². The molecule has 0 atom stereocenters. The van der Waals surface area contributed by atoms with Crippen LogP contribution >= 0.6 is 0 Å². The fraction of sp³-hybridized carbons (Fsp3) is 0.500. The minimum Gasteiger partial charge on any atom is -0.396 e. The third kappa shape index (κ3) is 2.61. The lowest BCUT2D eigenvalue weighted by Gasteiger charge is -2.25. The molecule has 0 unspecified atom stereocenters. The van der Waals surface area contributed by atoms with E-state index in [4.69, 9.17) is 5.73 Å². The van der Waals surface area contributed by atoms with Crippen LogP contribution in [0.25, 0.3) is 0 Å². The van der Waals surface area contributed by atoms with Crippen molar-refractivity contribution >= 4 is 11.4 Å². The maximum Gasteiger partial charge on any atom is 0.148 e. The molecular formula is C12H17FN2. The van der Waals surface area contributed by atoms with Crippen molar-refractivity contribution in [3.8, 4) is 0 Å². The molecule has 0 amide bonds. The minimum atomic E-state index is -0.344. The molecule has 1 aliphatic rings. The molecule has 1 aliphatic carbocycles. The number of nitrogens with one attached hydrogen (secondary N) is 1. The van der Waals surface area contributed by atoms with Gasteiger partial charge in [-0.1, -0.05) is 19.3 Å². The van der Waals surface area contributed by atoms with Crippen molar-refractivity contribution in [1.29, 1.82) is 0 Å². The van der Waals surface area contributed by atoms with E-state index in [0.717, 1.165) is 18.2 Å². The molecule has 82 valence electrons. The van der Waals surface area contributed by atoms with Crippen LogP contribution in [0.5, 0.6) is 0 Å². The summed E-state index contributed by atoms with van der Waals surface area (Å²) in [7, 11) is 0. The normalized spacial score (nSPS) is 16.1. The van der Waals surface area contributed by atoms with Crippen LogP contribution in [0.15, 0.2) is 18.2 Å². The van der Waals surface area contributed by atoms with Crippen LogP contribution in [0.3, 0.4) is 0 Å². The second kappa shape index (κ2) is 4.51. The van der Waals surface area contributed by atoms with Gasteiger partial charge in [-0.25, -0.2) is 4.39 Å². The molecule has 0 heterocycles. The quantitative estimate of drug-likeness (QED) is 0.746. The Morgan fingerprint density at radius 1 is 1.40 bits per heavy atom. The van der Waals surface area contributed by atoms with Crippen molar-refractivity contribution < 1.29 is 4.39 Å². The highest BCUT2D eigenvalue weighted by Gasteiger charge is 2.16.